The number of aryl methyl sites for hydroxylation is 2. The maximum atomic E-state index is 3.56. The smallest absolute Gasteiger partial charge is 0.0457 e. The average Bonchev–Trinajstić information content (AvgIpc) is 3.08. The van der Waals surface area contributed by atoms with Crippen LogP contribution in [0.4, 0.5) is 0 Å². The van der Waals surface area contributed by atoms with Crippen LogP contribution in [0.15, 0.2) is 57.7 Å². The molecule has 2 heterocycles. The van der Waals surface area contributed by atoms with E-state index in [0.29, 0.717) is 0 Å². The maximum absolute atomic E-state index is 3.56. The van der Waals surface area contributed by atoms with E-state index in [-0.39, 0.29) is 0 Å². The Balaban J connectivity index is 1.65. The number of H-pyrrole nitrogens is 2. The monoisotopic (exact) mass is 416 g/mol. The molecule has 2 aromatic heterocycles. The number of hydrogen-bond acceptors (Lipinski definition) is 0. The molecule has 0 aliphatic heterocycles. The number of fused-ring (bicyclic) bond motifs is 2. The number of aromatic nitrogens is 2. The molecule has 4 rings (SSSR count). The van der Waals surface area contributed by atoms with E-state index in [1.807, 2.05) is 0 Å². The molecule has 2 nitrogen and oxygen atoms in total. The second-order valence-corrected chi connectivity index (χ2v) is 7.34. The summed E-state index contributed by atoms with van der Waals surface area (Å²) in [6.45, 7) is 0. The van der Waals surface area contributed by atoms with Gasteiger partial charge in [0.1, 0.15) is 0 Å². The highest BCUT2D eigenvalue weighted by molar-refractivity contribution is 9.10. The summed E-state index contributed by atoms with van der Waals surface area (Å²) >= 11 is 7.12. The van der Waals surface area contributed by atoms with E-state index < -0.39 is 0 Å². The summed E-state index contributed by atoms with van der Waals surface area (Å²) in [6, 6.07) is 12.7. The van der Waals surface area contributed by atoms with Crippen LogP contribution in [0.5, 0.6) is 0 Å². The van der Waals surface area contributed by atoms with Gasteiger partial charge < -0.3 is 9.97 Å². The zero-order valence-electron chi connectivity index (χ0n) is 11.8. The van der Waals surface area contributed by atoms with Crippen LogP contribution in [0.25, 0.3) is 21.8 Å². The Hall–Kier alpha value is -1.52. The number of hydrogen-bond donors (Lipinski definition) is 2. The molecule has 0 radical (unpaired) electrons. The van der Waals surface area contributed by atoms with E-state index in [2.05, 4.69) is 90.6 Å². The molecule has 110 valence electrons. The van der Waals surface area contributed by atoms with Crippen LogP contribution in [0.2, 0.25) is 0 Å². The average molecular weight is 418 g/mol. The first-order valence-electron chi connectivity index (χ1n) is 7.22. The Bertz CT molecular complexity index is 886. The predicted octanol–water partition coefficient (Wildman–Crippen LogP) is 5.96. The van der Waals surface area contributed by atoms with Crippen molar-refractivity contribution in [2.45, 2.75) is 12.8 Å². The summed E-state index contributed by atoms with van der Waals surface area (Å²) in [7, 11) is 0. The van der Waals surface area contributed by atoms with Gasteiger partial charge in [-0.2, -0.15) is 0 Å². The predicted molar refractivity (Wildman–Crippen MR) is 99.4 cm³/mol. The number of nitrogens with one attached hydrogen (secondary N) is 2. The molecule has 0 amide bonds. The van der Waals surface area contributed by atoms with Crippen LogP contribution in [-0.4, -0.2) is 9.97 Å². The summed E-state index contributed by atoms with van der Waals surface area (Å²) in [5.74, 6) is 0. The fourth-order valence-electron chi connectivity index (χ4n) is 2.98. The molecule has 0 atom stereocenters. The lowest BCUT2D eigenvalue weighted by Gasteiger charge is -2.01. The van der Waals surface area contributed by atoms with Gasteiger partial charge in [-0.15, -0.1) is 0 Å². The Morgan fingerprint density at radius 3 is 1.59 bits per heavy atom. The lowest BCUT2D eigenvalue weighted by atomic mass is 10.0. The molecule has 0 aliphatic carbocycles. The first-order chi connectivity index (χ1) is 10.7. The molecular formula is C18H14Br2N2. The summed E-state index contributed by atoms with van der Waals surface area (Å²) in [5.41, 5.74) is 5.11. The topological polar surface area (TPSA) is 31.6 Å². The summed E-state index contributed by atoms with van der Waals surface area (Å²) in [6.07, 6.45) is 6.30. The van der Waals surface area contributed by atoms with Gasteiger partial charge in [-0.3, -0.25) is 0 Å². The summed E-state index contributed by atoms with van der Waals surface area (Å²) < 4.78 is 2.24. The molecule has 2 aromatic carbocycles. The minimum absolute atomic E-state index is 1.02. The Labute approximate surface area is 145 Å². The highest BCUT2D eigenvalue weighted by Crippen LogP contribution is 2.26. The van der Waals surface area contributed by atoms with E-state index in [4.69, 9.17) is 0 Å². The molecule has 4 aromatic rings. The van der Waals surface area contributed by atoms with Gasteiger partial charge in [-0.25, -0.2) is 0 Å². The van der Waals surface area contributed by atoms with Crippen LogP contribution in [0.1, 0.15) is 11.1 Å². The fraction of sp³-hybridized carbons (Fsp3) is 0.111. The maximum Gasteiger partial charge on any atom is 0.0457 e. The lowest BCUT2D eigenvalue weighted by molar-refractivity contribution is 0.976. The third-order valence-electron chi connectivity index (χ3n) is 4.12. The Morgan fingerprint density at radius 2 is 1.14 bits per heavy atom. The van der Waals surface area contributed by atoms with Crippen molar-refractivity contribution in [3.05, 3.63) is 68.9 Å². The molecule has 22 heavy (non-hydrogen) atoms. The highest BCUT2D eigenvalue weighted by atomic mass is 79.9. The SMILES string of the molecule is Brc1ccc2[nH]cc(CCc3c[nH]c4ccc(Br)cc34)c2c1. The molecule has 0 aliphatic rings. The Morgan fingerprint density at radius 1 is 0.682 bits per heavy atom. The zero-order chi connectivity index (χ0) is 15.1. The van der Waals surface area contributed by atoms with Crippen molar-refractivity contribution in [3.63, 3.8) is 0 Å². The normalized spacial score (nSPS) is 11.5. The van der Waals surface area contributed by atoms with Crippen LogP contribution in [0.3, 0.4) is 0 Å². The van der Waals surface area contributed by atoms with E-state index in [9.17, 15) is 0 Å². The van der Waals surface area contributed by atoms with Crippen LogP contribution in [0, 0.1) is 0 Å². The molecule has 0 bridgehead atoms. The van der Waals surface area contributed by atoms with E-state index in [1.165, 1.54) is 32.9 Å². The van der Waals surface area contributed by atoms with Crippen molar-refractivity contribution in [1.29, 1.82) is 0 Å². The van der Waals surface area contributed by atoms with Gasteiger partial charge in [0, 0.05) is 43.1 Å². The molecular weight excluding hydrogens is 404 g/mol. The van der Waals surface area contributed by atoms with Gasteiger partial charge in [0.05, 0.1) is 0 Å². The summed E-state index contributed by atoms with van der Waals surface area (Å²) in [5, 5.41) is 2.60. The third kappa shape index (κ3) is 2.50. The number of aromatic amines is 2. The Kier molecular flexibility index (Phi) is 3.59. The van der Waals surface area contributed by atoms with E-state index in [1.54, 1.807) is 0 Å². The van der Waals surface area contributed by atoms with Crippen LogP contribution >= 0.6 is 31.9 Å². The van der Waals surface area contributed by atoms with Gasteiger partial charge in [-0.1, -0.05) is 31.9 Å². The van der Waals surface area contributed by atoms with Gasteiger partial charge >= 0.3 is 0 Å². The van der Waals surface area contributed by atoms with Crippen LogP contribution in [-0.2, 0) is 12.8 Å². The first-order valence-corrected chi connectivity index (χ1v) is 8.80. The molecule has 0 fully saturated rings. The van der Waals surface area contributed by atoms with E-state index in [0.717, 1.165) is 21.8 Å². The van der Waals surface area contributed by atoms with Crippen molar-refractivity contribution in [2.24, 2.45) is 0 Å². The molecule has 0 unspecified atom stereocenters. The lowest BCUT2D eigenvalue weighted by Crippen LogP contribution is -1.89. The quantitative estimate of drug-likeness (QED) is 0.412. The van der Waals surface area contributed by atoms with Crippen molar-refractivity contribution in [2.75, 3.05) is 0 Å². The van der Waals surface area contributed by atoms with Crippen molar-refractivity contribution < 1.29 is 0 Å². The molecule has 2 N–H and O–H groups in total. The standard InChI is InChI=1S/C18H14Br2N2/c19-13-3-5-17-15(7-13)11(9-21-17)1-2-12-10-22-18-6-4-14(20)8-16(12)18/h3-10,21-22H,1-2H2. The third-order valence-corrected chi connectivity index (χ3v) is 5.11. The van der Waals surface area contributed by atoms with Gasteiger partial charge in [0.2, 0.25) is 0 Å². The van der Waals surface area contributed by atoms with E-state index >= 15 is 0 Å². The fourth-order valence-corrected chi connectivity index (χ4v) is 3.71. The van der Waals surface area contributed by atoms with Crippen molar-refractivity contribution >= 4 is 53.7 Å². The summed E-state index contributed by atoms with van der Waals surface area (Å²) in [4.78, 5) is 6.71. The molecule has 0 spiro atoms. The first kappa shape index (κ1) is 14.1. The second-order valence-electron chi connectivity index (χ2n) is 5.51. The highest BCUT2D eigenvalue weighted by Gasteiger charge is 2.08. The number of benzene rings is 2. The number of rotatable bonds is 3. The minimum atomic E-state index is 1.02. The molecule has 0 saturated heterocycles. The van der Waals surface area contributed by atoms with Crippen molar-refractivity contribution in [1.82, 2.24) is 9.97 Å². The minimum Gasteiger partial charge on any atom is -0.361 e. The molecule has 4 heteroatoms. The number of halogens is 2. The van der Waals surface area contributed by atoms with Crippen LogP contribution < -0.4 is 0 Å². The largest absolute Gasteiger partial charge is 0.361 e. The van der Waals surface area contributed by atoms with Gasteiger partial charge in [0.25, 0.3) is 0 Å². The molecule has 0 saturated carbocycles. The zero-order valence-corrected chi connectivity index (χ0v) is 15.0. The second kappa shape index (κ2) is 5.60. The van der Waals surface area contributed by atoms with Gasteiger partial charge in [-0.05, 0) is 60.4 Å². The van der Waals surface area contributed by atoms with Crippen molar-refractivity contribution in [3.8, 4) is 0 Å². The van der Waals surface area contributed by atoms with Gasteiger partial charge in [0.15, 0.2) is 0 Å².